The van der Waals surface area contributed by atoms with Gasteiger partial charge in [-0.3, -0.25) is 0 Å². The first kappa shape index (κ1) is 14.5. The van der Waals surface area contributed by atoms with Crippen molar-refractivity contribution < 1.29 is 17.1 Å². The van der Waals surface area contributed by atoms with E-state index in [1.807, 2.05) is 19.6 Å². The second-order valence-corrected chi connectivity index (χ2v) is 12.6. The summed E-state index contributed by atoms with van der Waals surface area (Å²) in [5.41, 5.74) is 0. The van der Waals surface area contributed by atoms with Gasteiger partial charge in [0.05, 0.1) is 0 Å². The first-order chi connectivity index (χ1) is 6.24. The van der Waals surface area contributed by atoms with Gasteiger partial charge in [-0.25, -0.2) is 0 Å². The molecule has 0 spiro atoms. The summed E-state index contributed by atoms with van der Waals surface area (Å²) in [5.74, 6) is 0. The maximum atomic E-state index is 5.87. The van der Waals surface area contributed by atoms with Gasteiger partial charge in [0, 0.05) is 20.8 Å². The third-order valence-corrected chi connectivity index (χ3v) is 10.2. The molecule has 4 nitrogen and oxygen atoms in total. The number of hydrogen-bond donors (Lipinski definition) is 0. The van der Waals surface area contributed by atoms with Crippen molar-refractivity contribution in [1.29, 1.82) is 0 Å². The Labute approximate surface area is 90.9 Å². The Morgan fingerprint density at radius 3 is 1.64 bits per heavy atom. The summed E-state index contributed by atoms with van der Waals surface area (Å²) in [6.07, 6.45) is 0. The molecule has 85 valence electrons. The fourth-order valence-corrected chi connectivity index (χ4v) is 10.0. The van der Waals surface area contributed by atoms with Crippen LogP contribution in [0, 0.1) is 0 Å². The van der Waals surface area contributed by atoms with Crippen LogP contribution in [0.3, 0.4) is 0 Å². The molecule has 0 N–H and O–H groups in total. The Balaban J connectivity index is 4.32. The third-order valence-electron chi connectivity index (χ3n) is 1.62. The van der Waals surface area contributed by atoms with Gasteiger partial charge >= 0.3 is 17.4 Å². The van der Waals surface area contributed by atoms with E-state index in [0.29, 0.717) is 0 Å². The van der Waals surface area contributed by atoms with E-state index in [1.165, 1.54) is 0 Å². The van der Waals surface area contributed by atoms with Crippen LogP contribution in [0.2, 0.25) is 32.7 Å². The predicted molar refractivity (Wildman–Crippen MR) is 62.8 cm³/mol. The van der Waals surface area contributed by atoms with E-state index in [1.54, 1.807) is 14.2 Å². The van der Waals surface area contributed by atoms with Crippen LogP contribution >= 0.6 is 0 Å². The average molecular weight is 253 g/mol. The normalized spacial score (nSPS) is 13.7. The molecule has 0 saturated heterocycles. The third kappa shape index (κ3) is 5.39. The standard InChI is InChI=1S/C7H21O4Si3/c1-8-14(7,9-2)11-13(5,6)10-12(3)4/h1-7H3. The van der Waals surface area contributed by atoms with Crippen molar-refractivity contribution in [3.63, 3.8) is 0 Å². The molecule has 0 aliphatic carbocycles. The van der Waals surface area contributed by atoms with E-state index in [9.17, 15) is 0 Å². The summed E-state index contributed by atoms with van der Waals surface area (Å²) in [7, 11) is -2.03. The van der Waals surface area contributed by atoms with Crippen LogP contribution in [0.5, 0.6) is 0 Å². The van der Waals surface area contributed by atoms with Crippen molar-refractivity contribution >= 4 is 26.4 Å². The molecule has 0 aromatic rings. The van der Waals surface area contributed by atoms with Crippen LogP contribution in [-0.4, -0.2) is 40.6 Å². The molecule has 0 aliphatic rings. The van der Waals surface area contributed by atoms with Gasteiger partial charge in [-0.1, -0.05) is 0 Å². The van der Waals surface area contributed by atoms with Gasteiger partial charge < -0.3 is 17.1 Å². The summed E-state index contributed by atoms with van der Waals surface area (Å²) in [6, 6.07) is 0. The summed E-state index contributed by atoms with van der Waals surface area (Å²) in [5, 5.41) is 0. The minimum atomic E-state index is -2.45. The summed E-state index contributed by atoms with van der Waals surface area (Å²) in [4.78, 5) is 0. The molecule has 0 atom stereocenters. The molecule has 0 saturated carbocycles. The number of hydrogen-bond acceptors (Lipinski definition) is 4. The van der Waals surface area contributed by atoms with E-state index < -0.39 is 26.4 Å². The zero-order valence-electron chi connectivity index (χ0n) is 10.1. The Morgan fingerprint density at radius 2 is 1.36 bits per heavy atom. The van der Waals surface area contributed by atoms with Crippen molar-refractivity contribution in [2.75, 3.05) is 14.2 Å². The fourth-order valence-electron chi connectivity index (χ4n) is 1.13. The summed E-state index contributed by atoms with van der Waals surface area (Å²) >= 11 is 0. The van der Waals surface area contributed by atoms with Gasteiger partial charge in [0.25, 0.3) is 0 Å². The van der Waals surface area contributed by atoms with Crippen LogP contribution < -0.4 is 0 Å². The van der Waals surface area contributed by atoms with E-state index in [0.717, 1.165) is 0 Å². The monoisotopic (exact) mass is 253 g/mol. The molecule has 14 heavy (non-hydrogen) atoms. The molecule has 0 aromatic heterocycles. The second kappa shape index (κ2) is 5.54. The highest BCUT2D eigenvalue weighted by atomic mass is 28.5. The number of rotatable bonds is 6. The molecule has 0 fully saturated rings. The second-order valence-electron chi connectivity index (χ2n) is 3.78. The Hall–Kier alpha value is 0.491. The molecule has 0 aromatic carbocycles. The highest BCUT2D eigenvalue weighted by molar-refractivity contribution is 6.80. The van der Waals surface area contributed by atoms with E-state index >= 15 is 0 Å². The van der Waals surface area contributed by atoms with Gasteiger partial charge in [0.15, 0.2) is 9.04 Å². The molecule has 0 aliphatic heterocycles. The van der Waals surface area contributed by atoms with Gasteiger partial charge in [0.2, 0.25) is 0 Å². The zero-order chi connectivity index (χ0) is 11.4. The molecule has 7 heteroatoms. The Kier molecular flexibility index (Phi) is 5.73. The van der Waals surface area contributed by atoms with Crippen LogP contribution in [-0.2, 0) is 17.1 Å². The van der Waals surface area contributed by atoms with Gasteiger partial charge in [-0.2, -0.15) is 0 Å². The Bertz CT molecular complexity index is 170. The zero-order valence-corrected chi connectivity index (χ0v) is 13.1. The lowest BCUT2D eigenvalue weighted by Crippen LogP contribution is -2.52. The van der Waals surface area contributed by atoms with Gasteiger partial charge in [-0.05, 0) is 26.2 Å². The van der Waals surface area contributed by atoms with Crippen molar-refractivity contribution in [3.05, 3.63) is 0 Å². The molecule has 0 rings (SSSR count). The maximum absolute atomic E-state index is 5.87. The summed E-state index contributed by atoms with van der Waals surface area (Å²) in [6.45, 7) is 10.1. The lowest BCUT2D eigenvalue weighted by molar-refractivity contribution is 0.154. The quantitative estimate of drug-likeness (QED) is 0.677. The van der Waals surface area contributed by atoms with Crippen LogP contribution in [0.4, 0.5) is 0 Å². The molecular formula is C7H21O4Si3. The van der Waals surface area contributed by atoms with Crippen LogP contribution in [0.15, 0.2) is 0 Å². The van der Waals surface area contributed by atoms with Crippen molar-refractivity contribution in [1.82, 2.24) is 0 Å². The first-order valence-electron chi connectivity index (χ1n) is 4.54. The topological polar surface area (TPSA) is 36.9 Å². The Morgan fingerprint density at radius 1 is 0.929 bits per heavy atom. The minimum Gasteiger partial charge on any atom is -0.436 e. The van der Waals surface area contributed by atoms with E-state index in [2.05, 4.69) is 13.1 Å². The van der Waals surface area contributed by atoms with Crippen molar-refractivity contribution in [3.8, 4) is 0 Å². The minimum absolute atomic E-state index is 0.731. The molecule has 0 bridgehead atoms. The summed E-state index contributed by atoms with van der Waals surface area (Å²) < 4.78 is 22.2. The smallest absolute Gasteiger partial charge is 0.436 e. The van der Waals surface area contributed by atoms with E-state index in [4.69, 9.17) is 17.1 Å². The van der Waals surface area contributed by atoms with Gasteiger partial charge in [0.1, 0.15) is 0 Å². The molecule has 1 radical (unpaired) electrons. The van der Waals surface area contributed by atoms with Crippen LogP contribution in [0.25, 0.3) is 0 Å². The first-order valence-corrected chi connectivity index (χ1v) is 12.0. The predicted octanol–water partition coefficient (Wildman–Crippen LogP) is 1.83. The molecular weight excluding hydrogens is 232 g/mol. The lowest BCUT2D eigenvalue weighted by atomic mass is 11.8. The van der Waals surface area contributed by atoms with Crippen molar-refractivity contribution in [2.24, 2.45) is 0 Å². The lowest BCUT2D eigenvalue weighted by Gasteiger charge is -2.33. The molecule has 0 heterocycles. The highest BCUT2D eigenvalue weighted by Crippen LogP contribution is 2.17. The van der Waals surface area contributed by atoms with Crippen LogP contribution in [0.1, 0.15) is 0 Å². The van der Waals surface area contributed by atoms with Crippen molar-refractivity contribution in [2.45, 2.75) is 32.7 Å². The highest BCUT2D eigenvalue weighted by Gasteiger charge is 2.41. The molecule has 0 amide bonds. The fraction of sp³-hybridized carbons (Fsp3) is 1.00. The SMILES string of the molecule is CO[Si](C)(OC)O[Si](C)(C)O[Si](C)C. The molecule has 0 unspecified atom stereocenters. The maximum Gasteiger partial charge on any atom is 0.488 e. The van der Waals surface area contributed by atoms with Gasteiger partial charge in [-0.15, -0.1) is 0 Å². The average Bonchev–Trinajstić information content (AvgIpc) is 2.01. The largest absolute Gasteiger partial charge is 0.488 e. The van der Waals surface area contributed by atoms with E-state index in [-0.39, 0.29) is 0 Å².